The van der Waals surface area contributed by atoms with Crippen LogP contribution >= 0.6 is 15.9 Å². The van der Waals surface area contributed by atoms with E-state index in [1.807, 2.05) is 0 Å². The topological polar surface area (TPSA) is 38.3 Å². The predicted molar refractivity (Wildman–Crippen MR) is 84.0 cm³/mol. The van der Waals surface area contributed by atoms with Gasteiger partial charge in [-0.3, -0.25) is 4.79 Å². The smallest absolute Gasteiger partial charge is 0.265 e. The van der Waals surface area contributed by atoms with Crippen molar-refractivity contribution in [1.82, 2.24) is 0 Å². The SMILES string of the molecule is Cc1ccc(NC(=O)[C@H](C)Oc2ccc(Br)cc2F)cc1F. The highest BCUT2D eigenvalue weighted by Gasteiger charge is 2.17. The summed E-state index contributed by atoms with van der Waals surface area (Å²) in [6.07, 6.45) is -0.931. The lowest BCUT2D eigenvalue weighted by atomic mass is 10.2. The highest BCUT2D eigenvalue weighted by molar-refractivity contribution is 9.10. The zero-order valence-electron chi connectivity index (χ0n) is 12.0. The maximum absolute atomic E-state index is 13.7. The van der Waals surface area contributed by atoms with Crippen molar-refractivity contribution in [1.29, 1.82) is 0 Å². The first-order chi connectivity index (χ1) is 10.4. The van der Waals surface area contributed by atoms with Crippen molar-refractivity contribution in [2.24, 2.45) is 0 Å². The van der Waals surface area contributed by atoms with Gasteiger partial charge in [-0.25, -0.2) is 8.78 Å². The molecular weight excluding hydrogens is 356 g/mol. The molecule has 2 rings (SSSR count). The Morgan fingerprint density at radius 3 is 2.55 bits per heavy atom. The van der Waals surface area contributed by atoms with Gasteiger partial charge in [-0.05, 0) is 49.7 Å². The Kier molecular flexibility index (Phi) is 5.13. The van der Waals surface area contributed by atoms with Crippen molar-refractivity contribution >= 4 is 27.5 Å². The summed E-state index contributed by atoms with van der Waals surface area (Å²) in [5.74, 6) is -1.51. The van der Waals surface area contributed by atoms with Crippen LogP contribution < -0.4 is 10.1 Å². The van der Waals surface area contributed by atoms with Gasteiger partial charge >= 0.3 is 0 Å². The van der Waals surface area contributed by atoms with Crippen LogP contribution in [0.4, 0.5) is 14.5 Å². The van der Waals surface area contributed by atoms with Crippen molar-refractivity contribution < 1.29 is 18.3 Å². The minimum absolute atomic E-state index is 0.0269. The summed E-state index contributed by atoms with van der Waals surface area (Å²) in [6.45, 7) is 3.12. The molecule has 0 aliphatic rings. The van der Waals surface area contributed by atoms with E-state index in [2.05, 4.69) is 21.2 Å². The third-order valence-electron chi connectivity index (χ3n) is 3.01. The van der Waals surface area contributed by atoms with Crippen LogP contribution in [0.3, 0.4) is 0 Å². The number of hydrogen-bond donors (Lipinski definition) is 1. The largest absolute Gasteiger partial charge is 0.478 e. The zero-order valence-corrected chi connectivity index (χ0v) is 13.6. The quantitative estimate of drug-likeness (QED) is 0.864. The highest BCUT2D eigenvalue weighted by atomic mass is 79.9. The molecule has 0 spiro atoms. The molecule has 116 valence electrons. The maximum Gasteiger partial charge on any atom is 0.265 e. The first kappa shape index (κ1) is 16.4. The van der Waals surface area contributed by atoms with Gasteiger partial charge in [-0.2, -0.15) is 0 Å². The van der Waals surface area contributed by atoms with Gasteiger partial charge < -0.3 is 10.1 Å². The Morgan fingerprint density at radius 2 is 1.91 bits per heavy atom. The first-order valence-electron chi connectivity index (χ1n) is 6.55. The molecule has 0 radical (unpaired) electrons. The third-order valence-corrected chi connectivity index (χ3v) is 3.50. The van der Waals surface area contributed by atoms with E-state index in [0.717, 1.165) is 0 Å². The molecule has 1 N–H and O–H groups in total. The fraction of sp³-hybridized carbons (Fsp3) is 0.188. The number of hydrogen-bond acceptors (Lipinski definition) is 2. The lowest BCUT2D eigenvalue weighted by Crippen LogP contribution is -2.30. The van der Waals surface area contributed by atoms with Gasteiger partial charge in [0.1, 0.15) is 5.82 Å². The summed E-state index contributed by atoms with van der Waals surface area (Å²) >= 11 is 3.14. The molecule has 2 aromatic rings. The van der Waals surface area contributed by atoms with Crippen LogP contribution in [-0.4, -0.2) is 12.0 Å². The molecule has 3 nitrogen and oxygen atoms in total. The van der Waals surface area contributed by atoms with E-state index in [0.29, 0.717) is 15.7 Å². The molecule has 0 aromatic heterocycles. The molecule has 6 heteroatoms. The van der Waals surface area contributed by atoms with Crippen LogP contribution in [0.15, 0.2) is 40.9 Å². The summed E-state index contributed by atoms with van der Waals surface area (Å²) in [6, 6.07) is 8.65. The van der Waals surface area contributed by atoms with Crippen molar-refractivity contribution in [3.63, 3.8) is 0 Å². The van der Waals surface area contributed by atoms with Gasteiger partial charge in [0.15, 0.2) is 17.7 Å². The Bertz CT molecular complexity index is 707. The number of amides is 1. The zero-order chi connectivity index (χ0) is 16.3. The average Bonchev–Trinajstić information content (AvgIpc) is 2.45. The standard InChI is InChI=1S/C16H14BrF2NO2/c1-9-3-5-12(8-13(9)18)20-16(21)10(2)22-15-6-4-11(17)7-14(15)19/h3-8,10H,1-2H3,(H,20,21)/t10-/m0/s1. The summed E-state index contributed by atoms with van der Waals surface area (Å²) < 4.78 is 33.0. The van der Waals surface area contributed by atoms with Crippen LogP contribution in [0, 0.1) is 18.6 Å². The van der Waals surface area contributed by atoms with Gasteiger partial charge in [0.25, 0.3) is 5.91 Å². The van der Waals surface area contributed by atoms with E-state index in [-0.39, 0.29) is 5.75 Å². The number of anilines is 1. The number of nitrogens with one attached hydrogen (secondary N) is 1. The molecule has 0 unspecified atom stereocenters. The monoisotopic (exact) mass is 369 g/mol. The fourth-order valence-corrected chi connectivity index (χ4v) is 2.06. The number of benzene rings is 2. The van der Waals surface area contributed by atoms with Crippen LogP contribution in [0.1, 0.15) is 12.5 Å². The van der Waals surface area contributed by atoms with Crippen LogP contribution in [0.2, 0.25) is 0 Å². The van der Waals surface area contributed by atoms with Crippen molar-refractivity contribution in [2.75, 3.05) is 5.32 Å². The van der Waals surface area contributed by atoms with Crippen molar-refractivity contribution in [2.45, 2.75) is 20.0 Å². The number of carbonyl (C=O) groups is 1. The summed E-state index contributed by atoms with van der Waals surface area (Å²) in [5, 5.41) is 2.53. The van der Waals surface area contributed by atoms with Gasteiger partial charge in [0, 0.05) is 10.2 Å². The summed E-state index contributed by atoms with van der Waals surface area (Å²) in [4.78, 5) is 12.0. The first-order valence-corrected chi connectivity index (χ1v) is 7.35. The van der Waals surface area contributed by atoms with Crippen molar-refractivity contribution in [3.8, 4) is 5.75 Å². The molecule has 0 aliphatic carbocycles. The van der Waals surface area contributed by atoms with E-state index in [1.54, 1.807) is 25.1 Å². The molecular formula is C16H14BrF2NO2. The second-order valence-electron chi connectivity index (χ2n) is 4.79. The fourth-order valence-electron chi connectivity index (χ4n) is 1.73. The Hall–Kier alpha value is -1.95. The van der Waals surface area contributed by atoms with E-state index in [1.165, 1.54) is 25.1 Å². The van der Waals surface area contributed by atoms with Gasteiger partial charge in [0.2, 0.25) is 0 Å². The molecule has 0 saturated carbocycles. The normalized spacial score (nSPS) is 11.9. The van der Waals surface area contributed by atoms with Gasteiger partial charge in [0.05, 0.1) is 0 Å². The molecule has 0 bridgehead atoms. The second kappa shape index (κ2) is 6.87. The lowest BCUT2D eigenvalue weighted by molar-refractivity contribution is -0.122. The van der Waals surface area contributed by atoms with Crippen LogP contribution in [0.25, 0.3) is 0 Å². The van der Waals surface area contributed by atoms with Crippen LogP contribution in [0.5, 0.6) is 5.75 Å². The highest BCUT2D eigenvalue weighted by Crippen LogP contribution is 2.23. The van der Waals surface area contributed by atoms with Crippen LogP contribution in [-0.2, 0) is 4.79 Å². The summed E-state index contributed by atoms with van der Waals surface area (Å²) in [7, 11) is 0. The maximum atomic E-state index is 13.7. The minimum atomic E-state index is -0.931. The Morgan fingerprint density at radius 1 is 1.18 bits per heavy atom. The Balaban J connectivity index is 2.04. The Labute approximate surface area is 135 Å². The molecule has 0 fully saturated rings. The molecule has 22 heavy (non-hydrogen) atoms. The van der Waals surface area contributed by atoms with E-state index in [4.69, 9.17) is 4.74 Å². The van der Waals surface area contributed by atoms with Crippen molar-refractivity contribution in [3.05, 3.63) is 58.1 Å². The van der Waals surface area contributed by atoms with E-state index >= 15 is 0 Å². The van der Waals surface area contributed by atoms with Gasteiger partial charge in [-0.1, -0.05) is 22.0 Å². The number of rotatable bonds is 4. The number of carbonyl (C=O) groups excluding carboxylic acids is 1. The number of aryl methyl sites for hydroxylation is 1. The molecule has 0 saturated heterocycles. The van der Waals surface area contributed by atoms with E-state index < -0.39 is 23.6 Å². The number of halogens is 3. The average molecular weight is 370 g/mol. The molecule has 0 heterocycles. The van der Waals surface area contributed by atoms with E-state index in [9.17, 15) is 13.6 Å². The molecule has 1 atom stereocenters. The third kappa shape index (κ3) is 4.04. The minimum Gasteiger partial charge on any atom is -0.478 e. The lowest BCUT2D eigenvalue weighted by Gasteiger charge is -2.15. The summed E-state index contributed by atoms with van der Waals surface area (Å²) in [5.41, 5.74) is 0.805. The molecule has 0 aliphatic heterocycles. The number of ether oxygens (including phenoxy) is 1. The molecule has 2 aromatic carbocycles. The predicted octanol–water partition coefficient (Wildman–Crippen LogP) is 4.44. The van der Waals surface area contributed by atoms with Gasteiger partial charge in [-0.15, -0.1) is 0 Å². The second-order valence-corrected chi connectivity index (χ2v) is 5.70. The molecule has 1 amide bonds.